The molecule has 0 unspecified atom stereocenters. The van der Waals surface area contributed by atoms with Crippen LogP contribution in [0.5, 0.6) is 5.75 Å². The summed E-state index contributed by atoms with van der Waals surface area (Å²) in [6.45, 7) is 0.273. The maximum atomic E-state index is 12.4. The number of ether oxygens (including phenoxy) is 2. The zero-order valence-corrected chi connectivity index (χ0v) is 16.9. The number of amides is 2. The number of amidine groups is 1. The van der Waals surface area contributed by atoms with Gasteiger partial charge in [0, 0.05) is 17.4 Å². The number of methoxy groups -OCH3 is 2. The third kappa shape index (κ3) is 5.74. The third-order valence-electron chi connectivity index (χ3n) is 4.10. The first-order valence-electron chi connectivity index (χ1n) is 9.10. The number of carbonyl (C=O) groups is 1. The SMILES string of the molecule is CO/C(=N\Cc1cccc(NC(=O)Nc2ccc(-c3cnco3)c(OC)c2)c1)NC#N. The fraction of sp³-hybridized carbons (Fsp3) is 0.143. The molecule has 0 aliphatic rings. The molecule has 0 saturated carbocycles. The van der Waals surface area contributed by atoms with E-state index in [0.29, 0.717) is 22.9 Å². The molecule has 1 aromatic heterocycles. The van der Waals surface area contributed by atoms with Crippen molar-refractivity contribution in [3.63, 3.8) is 0 Å². The van der Waals surface area contributed by atoms with Crippen molar-refractivity contribution in [3.05, 3.63) is 60.6 Å². The van der Waals surface area contributed by atoms with Crippen molar-refractivity contribution in [2.24, 2.45) is 4.99 Å². The summed E-state index contributed by atoms with van der Waals surface area (Å²) in [5.41, 5.74) is 2.68. The molecule has 0 aliphatic heterocycles. The standard InChI is InChI=1S/C21H20N6O4/c1-29-18-9-16(6-7-17(18)19-11-23-13-31-19)27-20(28)26-15-5-3-4-14(8-15)10-24-21(30-2)25-12-22/h3-9,11,13H,10H2,1-2H3,(H,24,25)(H2,26,27,28). The van der Waals surface area contributed by atoms with Gasteiger partial charge in [-0.2, -0.15) is 5.26 Å². The second kappa shape index (κ2) is 10.3. The minimum absolute atomic E-state index is 0.112. The van der Waals surface area contributed by atoms with E-state index in [1.807, 2.05) is 6.07 Å². The van der Waals surface area contributed by atoms with E-state index in [1.165, 1.54) is 20.6 Å². The molecule has 2 amide bonds. The lowest BCUT2D eigenvalue weighted by Gasteiger charge is -2.11. The molecule has 1 heterocycles. The van der Waals surface area contributed by atoms with Crippen LogP contribution in [0.1, 0.15) is 5.56 Å². The van der Waals surface area contributed by atoms with E-state index in [9.17, 15) is 4.79 Å². The number of carbonyl (C=O) groups excluding carboxylic acids is 1. The van der Waals surface area contributed by atoms with Crippen molar-refractivity contribution >= 4 is 23.4 Å². The Bertz CT molecular complexity index is 1110. The van der Waals surface area contributed by atoms with Gasteiger partial charge in [-0.05, 0) is 29.8 Å². The van der Waals surface area contributed by atoms with E-state index in [4.69, 9.17) is 19.2 Å². The number of hydrogen-bond donors (Lipinski definition) is 3. The van der Waals surface area contributed by atoms with Gasteiger partial charge in [0.05, 0.1) is 32.5 Å². The van der Waals surface area contributed by atoms with E-state index in [-0.39, 0.29) is 12.6 Å². The predicted molar refractivity (Wildman–Crippen MR) is 114 cm³/mol. The van der Waals surface area contributed by atoms with Gasteiger partial charge in [-0.1, -0.05) is 12.1 Å². The number of hydrogen-bond acceptors (Lipinski definition) is 7. The summed E-state index contributed by atoms with van der Waals surface area (Å²) in [4.78, 5) is 20.5. The van der Waals surface area contributed by atoms with E-state index in [0.717, 1.165) is 11.1 Å². The fourth-order valence-electron chi connectivity index (χ4n) is 2.73. The molecule has 10 nitrogen and oxygen atoms in total. The van der Waals surface area contributed by atoms with Crippen LogP contribution in [-0.4, -0.2) is 31.3 Å². The van der Waals surface area contributed by atoms with Gasteiger partial charge >= 0.3 is 6.03 Å². The van der Waals surface area contributed by atoms with Gasteiger partial charge in [-0.25, -0.2) is 20.1 Å². The van der Waals surface area contributed by atoms with Crippen LogP contribution in [-0.2, 0) is 11.3 Å². The Kier molecular flexibility index (Phi) is 7.05. The van der Waals surface area contributed by atoms with Crippen LogP contribution < -0.4 is 20.7 Å². The normalized spacial score (nSPS) is 10.7. The van der Waals surface area contributed by atoms with E-state index < -0.39 is 6.03 Å². The number of oxazole rings is 1. The summed E-state index contributed by atoms with van der Waals surface area (Å²) in [5, 5.41) is 16.5. The van der Waals surface area contributed by atoms with E-state index >= 15 is 0 Å². The Labute approximate surface area is 178 Å². The highest BCUT2D eigenvalue weighted by Crippen LogP contribution is 2.32. The van der Waals surface area contributed by atoms with Gasteiger partial charge < -0.3 is 24.5 Å². The van der Waals surface area contributed by atoms with Crippen molar-refractivity contribution < 1.29 is 18.7 Å². The monoisotopic (exact) mass is 420 g/mol. The number of benzene rings is 2. The van der Waals surface area contributed by atoms with E-state index in [2.05, 4.69) is 25.9 Å². The molecule has 3 N–H and O–H groups in total. The second-order valence-electron chi connectivity index (χ2n) is 6.12. The molecule has 0 aliphatic carbocycles. The van der Waals surface area contributed by atoms with Crippen LogP contribution >= 0.6 is 0 Å². The van der Waals surface area contributed by atoms with Crippen molar-refractivity contribution in [1.29, 1.82) is 5.26 Å². The molecule has 10 heteroatoms. The molecule has 0 radical (unpaired) electrons. The molecular formula is C21H20N6O4. The zero-order valence-electron chi connectivity index (χ0n) is 16.9. The first-order valence-corrected chi connectivity index (χ1v) is 9.10. The lowest BCUT2D eigenvalue weighted by Crippen LogP contribution is -2.20. The number of rotatable bonds is 6. The number of nitrogens with one attached hydrogen (secondary N) is 3. The van der Waals surface area contributed by atoms with Gasteiger partial charge in [0.2, 0.25) is 0 Å². The first kappa shape index (κ1) is 21.2. The maximum absolute atomic E-state index is 12.4. The average molecular weight is 420 g/mol. The molecule has 2 aromatic carbocycles. The number of nitrogens with zero attached hydrogens (tertiary/aromatic N) is 3. The van der Waals surface area contributed by atoms with Crippen LogP contribution in [0.2, 0.25) is 0 Å². The lowest BCUT2D eigenvalue weighted by molar-refractivity contribution is 0.262. The van der Waals surface area contributed by atoms with Gasteiger partial charge in [-0.3, -0.25) is 0 Å². The van der Waals surface area contributed by atoms with E-state index in [1.54, 1.807) is 48.8 Å². The molecule has 0 saturated heterocycles. The smallest absolute Gasteiger partial charge is 0.323 e. The Hall–Kier alpha value is -4.52. The number of nitriles is 1. The van der Waals surface area contributed by atoms with Gasteiger partial charge in [-0.15, -0.1) is 0 Å². The number of aliphatic imine (C=N–C) groups is 1. The fourth-order valence-corrected chi connectivity index (χ4v) is 2.73. The maximum Gasteiger partial charge on any atom is 0.323 e. The van der Waals surface area contributed by atoms with Crippen molar-refractivity contribution in [1.82, 2.24) is 10.3 Å². The van der Waals surface area contributed by atoms with Crippen LogP contribution in [0.25, 0.3) is 11.3 Å². The molecule has 0 atom stereocenters. The molecule has 0 fully saturated rings. The first-order chi connectivity index (χ1) is 15.1. The van der Waals surface area contributed by atoms with Crippen LogP contribution in [0.3, 0.4) is 0 Å². The minimum Gasteiger partial charge on any atom is -0.496 e. The highest BCUT2D eigenvalue weighted by Gasteiger charge is 2.11. The number of urea groups is 1. The van der Waals surface area contributed by atoms with Gasteiger partial charge in [0.1, 0.15) is 5.75 Å². The number of aromatic nitrogens is 1. The summed E-state index contributed by atoms with van der Waals surface area (Å²) >= 11 is 0. The molecule has 3 aromatic rings. The van der Waals surface area contributed by atoms with Crippen LogP contribution in [0.15, 0.2) is 64.5 Å². The van der Waals surface area contributed by atoms with Crippen molar-refractivity contribution in [2.75, 3.05) is 24.9 Å². The molecule has 0 spiro atoms. The molecule has 3 rings (SSSR count). The number of anilines is 2. The molecule has 0 bridgehead atoms. The summed E-state index contributed by atoms with van der Waals surface area (Å²) < 4.78 is 15.6. The topological polar surface area (TPSA) is 134 Å². The summed E-state index contributed by atoms with van der Waals surface area (Å²) in [7, 11) is 2.95. The van der Waals surface area contributed by atoms with Gasteiger partial charge in [0.25, 0.3) is 6.02 Å². The summed E-state index contributed by atoms with van der Waals surface area (Å²) in [5.74, 6) is 1.10. The Morgan fingerprint density at radius 1 is 1.19 bits per heavy atom. The molecular weight excluding hydrogens is 400 g/mol. The van der Waals surface area contributed by atoms with Crippen molar-refractivity contribution in [3.8, 4) is 23.3 Å². The summed E-state index contributed by atoms with van der Waals surface area (Å²) in [6.07, 6.45) is 4.67. The quantitative estimate of drug-likeness (QED) is 0.240. The average Bonchev–Trinajstić information content (AvgIpc) is 3.31. The molecule has 158 valence electrons. The predicted octanol–water partition coefficient (Wildman–Crippen LogP) is 3.57. The van der Waals surface area contributed by atoms with Crippen LogP contribution in [0, 0.1) is 11.5 Å². The van der Waals surface area contributed by atoms with Gasteiger partial charge in [0.15, 0.2) is 18.3 Å². The summed E-state index contributed by atoms with van der Waals surface area (Å²) in [6, 6.07) is 12.1. The minimum atomic E-state index is -0.418. The largest absolute Gasteiger partial charge is 0.496 e. The Morgan fingerprint density at radius 2 is 2.00 bits per heavy atom. The van der Waals surface area contributed by atoms with Crippen LogP contribution in [0.4, 0.5) is 16.2 Å². The lowest BCUT2D eigenvalue weighted by atomic mass is 10.1. The second-order valence-corrected chi connectivity index (χ2v) is 6.12. The Morgan fingerprint density at radius 3 is 2.68 bits per heavy atom. The Balaban J connectivity index is 1.65. The van der Waals surface area contributed by atoms with Crippen molar-refractivity contribution in [2.45, 2.75) is 6.54 Å². The molecule has 31 heavy (non-hydrogen) atoms. The highest BCUT2D eigenvalue weighted by atomic mass is 16.5. The third-order valence-corrected chi connectivity index (χ3v) is 4.10. The highest BCUT2D eigenvalue weighted by molar-refractivity contribution is 6.00. The zero-order chi connectivity index (χ0) is 22.1.